The second-order valence-corrected chi connectivity index (χ2v) is 8.86. The Balaban J connectivity index is 1.43. The molecule has 0 aliphatic carbocycles. The van der Waals surface area contributed by atoms with E-state index >= 15 is 0 Å². The van der Waals surface area contributed by atoms with Crippen LogP contribution in [0.15, 0.2) is 51.8 Å². The Kier molecular flexibility index (Phi) is 5.23. The highest BCUT2D eigenvalue weighted by molar-refractivity contribution is 6.03. The van der Waals surface area contributed by atoms with Gasteiger partial charge in [-0.2, -0.15) is 5.10 Å². The molecule has 176 valence electrons. The molecular formula is C26H25N7O2. The van der Waals surface area contributed by atoms with E-state index in [4.69, 9.17) is 15.1 Å². The molecule has 9 nitrogen and oxygen atoms in total. The first-order valence-electron chi connectivity index (χ1n) is 11.8. The highest BCUT2D eigenvalue weighted by Crippen LogP contribution is 2.26. The summed E-state index contributed by atoms with van der Waals surface area (Å²) in [5.41, 5.74) is 8.43. The third kappa shape index (κ3) is 3.72. The summed E-state index contributed by atoms with van der Waals surface area (Å²) in [6.45, 7) is 3.80. The van der Waals surface area contributed by atoms with Crippen LogP contribution in [0.25, 0.3) is 32.9 Å². The van der Waals surface area contributed by atoms with Crippen molar-refractivity contribution in [3.8, 4) is 11.8 Å². The number of anilines is 1. The summed E-state index contributed by atoms with van der Waals surface area (Å²) in [5.74, 6) is 7.14. The van der Waals surface area contributed by atoms with Crippen LogP contribution in [0.4, 0.5) is 5.95 Å². The van der Waals surface area contributed by atoms with Crippen molar-refractivity contribution < 1.29 is 4.42 Å². The number of rotatable bonds is 4. The smallest absolute Gasteiger partial charge is 0.293 e. The molecule has 1 saturated heterocycles. The molecule has 1 aliphatic rings. The molecule has 1 atom stereocenters. The summed E-state index contributed by atoms with van der Waals surface area (Å²) in [7, 11) is 0. The first-order valence-corrected chi connectivity index (χ1v) is 11.8. The zero-order valence-corrected chi connectivity index (χ0v) is 19.4. The summed E-state index contributed by atoms with van der Waals surface area (Å²) in [4.78, 5) is 25.2. The fraction of sp³-hybridized carbons (Fsp3) is 0.308. The summed E-state index contributed by atoms with van der Waals surface area (Å²) in [6, 6.07) is 12.0. The maximum absolute atomic E-state index is 13.6. The van der Waals surface area contributed by atoms with Crippen LogP contribution < -0.4 is 16.2 Å². The van der Waals surface area contributed by atoms with E-state index in [1.54, 1.807) is 13.1 Å². The predicted octanol–water partition coefficient (Wildman–Crippen LogP) is 2.89. The molecule has 6 rings (SSSR count). The first-order chi connectivity index (χ1) is 17.1. The Morgan fingerprint density at radius 2 is 2.09 bits per heavy atom. The molecule has 4 heterocycles. The highest BCUT2D eigenvalue weighted by atomic mass is 16.3. The second kappa shape index (κ2) is 8.56. The quantitative estimate of drug-likeness (QED) is 0.405. The van der Waals surface area contributed by atoms with Gasteiger partial charge in [0.2, 0.25) is 11.8 Å². The molecule has 0 saturated carbocycles. The lowest BCUT2D eigenvalue weighted by Crippen LogP contribution is -2.44. The van der Waals surface area contributed by atoms with Gasteiger partial charge in [0, 0.05) is 24.5 Å². The van der Waals surface area contributed by atoms with Crippen LogP contribution in [-0.2, 0) is 13.1 Å². The van der Waals surface area contributed by atoms with Crippen molar-refractivity contribution >= 4 is 38.9 Å². The number of hydrogen-bond donors (Lipinski definition) is 1. The van der Waals surface area contributed by atoms with Crippen molar-refractivity contribution in [2.24, 2.45) is 5.73 Å². The normalized spacial score (nSPS) is 16.2. The standard InChI is InChI=1S/C26H25N7O2/c1-2-3-13-32-24-20(29-26(32)31-12-6-8-18(27)15-31)14-28-33(25(24)34)16-22-30-23-19-9-5-4-7-17(19)10-11-21(23)35-22/h4-5,7,9-11,14,18H,6,8,12-13,15-16,27H2,1H3. The number of piperidine rings is 1. The minimum Gasteiger partial charge on any atom is -0.439 e. The van der Waals surface area contributed by atoms with Crippen molar-refractivity contribution in [2.45, 2.75) is 38.9 Å². The Bertz CT molecular complexity index is 1680. The fourth-order valence-electron chi connectivity index (χ4n) is 4.83. The zero-order chi connectivity index (χ0) is 23.9. The molecule has 0 spiro atoms. The van der Waals surface area contributed by atoms with Crippen LogP contribution in [0.2, 0.25) is 0 Å². The summed E-state index contributed by atoms with van der Waals surface area (Å²) >= 11 is 0. The number of aromatic nitrogens is 5. The van der Waals surface area contributed by atoms with E-state index in [1.807, 2.05) is 41.0 Å². The molecule has 1 fully saturated rings. The molecule has 0 bridgehead atoms. The van der Waals surface area contributed by atoms with E-state index in [-0.39, 0.29) is 18.1 Å². The number of fused-ring (bicyclic) bond motifs is 4. The topological polar surface area (TPSA) is 108 Å². The van der Waals surface area contributed by atoms with Crippen molar-refractivity contribution in [2.75, 3.05) is 18.0 Å². The molecule has 1 aliphatic heterocycles. The molecule has 0 radical (unpaired) electrons. The van der Waals surface area contributed by atoms with Gasteiger partial charge in [-0.3, -0.25) is 9.36 Å². The SMILES string of the molecule is CC#CCn1c(N2CCCC(N)C2)nc2cnn(Cc3nc4c(ccc5ccccc54)o3)c(=O)c21. The fourth-order valence-corrected chi connectivity index (χ4v) is 4.83. The molecule has 5 aromatic rings. The van der Waals surface area contributed by atoms with Gasteiger partial charge in [-0.05, 0) is 31.2 Å². The second-order valence-electron chi connectivity index (χ2n) is 8.86. The van der Waals surface area contributed by atoms with Crippen molar-refractivity contribution in [3.63, 3.8) is 0 Å². The Morgan fingerprint density at radius 1 is 1.20 bits per heavy atom. The largest absolute Gasteiger partial charge is 0.439 e. The number of oxazole rings is 1. The number of nitrogens with zero attached hydrogens (tertiary/aromatic N) is 6. The lowest BCUT2D eigenvalue weighted by molar-refractivity contribution is 0.482. The van der Waals surface area contributed by atoms with Gasteiger partial charge in [0.1, 0.15) is 23.1 Å². The van der Waals surface area contributed by atoms with Crippen molar-refractivity contribution in [1.82, 2.24) is 24.3 Å². The summed E-state index contributed by atoms with van der Waals surface area (Å²) in [5, 5.41) is 6.47. The third-order valence-electron chi connectivity index (χ3n) is 6.50. The minimum absolute atomic E-state index is 0.0827. The lowest BCUT2D eigenvalue weighted by Gasteiger charge is -2.31. The maximum Gasteiger partial charge on any atom is 0.293 e. The molecule has 3 aromatic heterocycles. The van der Waals surface area contributed by atoms with Gasteiger partial charge in [0.15, 0.2) is 5.58 Å². The molecule has 2 N–H and O–H groups in total. The maximum atomic E-state index is 13.6. The van der Waals surface area contributed by atoms with Crippen LogP contribution in [0, 0.1) is 11.8 Å². The van der Waals surface area contributed by atoms with Crippen LogP contribution in [0.1, 0.15) is 25.7 Å². The number of benzene rings is 2. The summed E-state index contributed by atoms with van der Waals surface area (Å²) < 4.78 is 9.23. The van der Waals surface area contributed by atoms with Gasteiger partial charge in [-0.15, -0.1) is 5.92 Å². The van der Waals surface area contributed by atoms with Crippen LogP contribution in [-0.4, -0.2) is 43.4 Å². The Labute approximate surface area is 201 Å². The van der Waals surface area contributed by atoms with Gasteiger partial charge in [-0.25, -0.2) is 14.6 Å². The molecule has 9 heteroatoms. The minimum atomic E-state index is -0.257. The number of imidazole rings is 1. The molecular weight excluding hydrogens is 442 g/mol. The molecule has 1 unspecified atom stereocenters. The number of nitrogens with two attached hydrogens (primary N) is 1. The van der Waals surface area contributed by atoms with Gasteiger partial charge < -0.3 is 15.1 Å². The predicted molar refractivity (Wildman–Crippen MR) is 135 cm³/mol. The average molecular weight is 468 g/mol. The van der Waals surface area contributed by atoms with E-state index < -0.39 is 0 Å². The van der Waals surface area contributed by atoms with E-state index in [9.17, 15) is 4.79 Å². The van der Waals surface area contributed by atoms with E-state index in [0.717, 1.165) is 35.7 Å². The molecule has 0 amide bonds. The van der Waals surface area contributed by atoms with Crippen LogP contribution in [0.5, 0.6) is 0 Å². The lowest BCUT2D eigenvalue weighted by atomic mass is 10.1. The van der Waals surface area contributed by atoms with Gasteiger partial charge in [-0.1, -0.05) is 36.3 Å². The third-order valence-corrected chi connectivity index (χ3v) is 6.50. The Hall–Kier alpha value is -4.16. The highest BCUT2D eigenvalue weighted by Gasteiger charge is 2.24. The van der Waals surface area contributed by atoms with E-state index in [0.29, 0.717) is 41.5 Å². The van der Waals surface area contributed by atoms with Gasteiger partial charge >= 0.3 is 0 Å². The monoisotopic (exact) mass is 467 g/mol. The summed E-state index contributed by atoms with van der Waals surface area (Å²) in [6.07, 6.45) is 3.59. The van der Waals surface area contributed by atoms with Crippen molar-refractivity contribution in [1.29, 1.82) is 0 Å². The number of hydrogen-bond acceptors (Lipinski definition) is 7. The molecule has 35 heavy (non-hydrogen) atoms. The average Bonchev–Trinajstić information content (AvgIpc) is 3.46. The van der Waals surface area contributed by atoms with Crippen LogP contribution >= 0.6 is 0 Å². The first kappa shape index (κ1) is 21.4. The van der Waals surface area contributed by atoms with Gasteiger partial charge in [0.05, 0.1) is 12.7 Å². The Morgan fingerprint density at radius 3 is 2.94 bits per heavy atom. The van der Waals surface area contributed by atoms with Crippen LogP contribution in [0.3, 0.4) is 0 Å². The van der Waals surface area contributed by atoms with Crippen molar-refractivity contribution in [3.05, 3.63) is 58.8 Å². The zero-order valence-electron chi connectivity index (χ0n) is 19.4. The van der Waals surface area contributed by atoms with E-state index in [2.05, 4.69) is 26.8 Å². The van der Waals surface area contributed by atoms with E-state index in [1.165, 1.54) is 4.68 Å². The molecule has 2 aromatic carbocycles. The van der Waals surface area contributed by atoms with Gasteiger partial charge in [0.25, 0.3) is 5.56 Å².